The van der Waals surface area contributed by atoms with Crippen molar-refractivity contribution >= 4 is 27.2 Å². The molecular weight excluding hydrogens is 260 g/mol. The Balaban J connectivity index is 2.64. The lowest BCUT2D eigenvalue weighted by Gasteiger charge is -2.28. The van der Waals surface area contributed by atoms with Crippen molar-refractivity contribution in [3.63, 3.8) is 0 Å². The summed E-state index contributed by atoms with van der Waals surface area (Å²) in [6.45, 7) is 2.53. The van der Waals surface area contributed by atoms with Crippen LogP contribution in [-0.4, -0.2) is 37.9 Å². The minimum atomic E-state index is -3.38. The largest absolute Gasteiger partial charge is 0.392 e. The number of nitrogens with two attached hydrogens (primary N) is 1. The van der Waals surface area contributed by atoms with Gasteiger partial charge in [-0.1, -0.05) is 25.1 Å². The molecule has 1 fully saturated rings. The van der Waals surface area contributed by atoms with Crippen molar-refractivity contribution < 1.29 is 13.2 Å². The first kappa shape index (κ1) is 14.8. The number of rotatable bonds is 7. The van der Waals surface area contributed by atoms with E-state index < -0.39 is 15.6 Å². The van der Waals surface area contributed by atoms with Gasteiger partial charge in [-0.2, -0.15) is 0 Å². The van der Waals surface area contributed by atoms with Gasteiger partial charge in [0, 0.05) is 6.61 Å². The van der Waals surface area contributed by atoms with Crippen LogP contribution >= 0.6 is 12.2 Å². The molecule has 0 radical (unpaired) electrons. The molecule has 0 atom stereocenters. The minimum absolute atomic E-state index is 0.0504. The first-order valence-corrected chi connectivity index (χ1v) is 7.87. The smallest absolute Gasteiger partial charge is 0.214 e. The van der Waals surface area contributed by atoms with E-state index in [1.165, 1.54) is 0 Å². The van der Waals surface area contributed by atoms with Gasteiger partial charge in [0.1, 0.15) is 0 Å². The summed E-state index contributed by atoms with van der Waals surface area (Å²) >= 11 is 4.99. The fourth-order valence-corrected chi connectivity index (χ4v) is 3.71. The lowest BCUT2D eigenvalue weighted by Crippen LogP contribution is -2.55. The molecule has 0 unspecified atom stereocenters. The van der Waals surface area contributed by atoms with E-state index in [1.807, 2.05) is 6.92 Å². The van der Waals surface area contributed by atoms with E-state index in [-0.39, 0.29) is 17.3 Å². The van der Waals surface area contributed by atoms with E-state index in [2.05, 4.69) is 4.72 Å². The summed E-state index contributed by atoms with van der Waals surface area (Å²) in [5.74, 6) is -0.0504. The van der Waals surface area contributed by atoms with Crippen LogP contribution in [-0.2, 0) is 14.8 Å². The van der Waals surface area contributed by atoms with Crippen LogP contribution in [0.3, 0.4) is 0 Å². The van der Waals surface area contributed by atoms with E-state index in [0.29, 0.717) is 19.4 Å². The van der Waals surface area contributed by atoms with Crippen molar-refractivity contribution in [1.82, 2.24) is 4.72 Å². The molecule has 1 saturated carbocycles. The van der Waals surface area contributed by atoms with Crippen molar-refractivity contribution in [3.8, 4) is 0 Å². The van der Waals surface area contributed by atoms with E-state index in [9.17, 15) is 8.42 Å². The number of hydrogen-bond acceptors (Lipinski definition) is 4. The number of nitrogens with one attached hydrogen (secondary N) is 1. The highest BCUT2D eigenvalue weighted by atomic mass is 32.2. The third-order valence-electron chi connectivity index (χ3n) is 2.98. The summed E-state index contributed by atoms with van der Waals surface area (Å²) in [4.78, 5) is 0.245. The normalized spacial score (nSPS) is 19.4. The summed E-state index contributed by atoms with van der Waals surface area (Å²) in [5.41, 5.74) is 4.96. The van der Waals surface area contributed by atoms with Gasteiger partial charge in [-0.3, -0.25) is 0 Å². The molecule has 0 aliphatic heterocycles. The fraction of sp³-hybridized carbons (Fsp3) is 0.900. The van der Waals surface area contributed by atoms with Gasteiger partial charge in [-0.15, -0.1) is 0 Å². The molecule has 0 aromatic heterocycles. The summed E-state index contributed by atoms with van der Waals surface area (Å²) < 4.78 is 31.4. The molecule has 17 heavy (non-hydrogen) atoms. The van der Waals surface area contributed by atoms with Crippen LogP contribution in [0.2, 0.25) is 0 Å². The molecule has 7 heteroatoms. The summed E-state index contributed by atoms with van der Waals surface area (Å²) in [6.07, 6.45) is 3.28. The predicted octanol–water partition coefficient (Wildman–Crippen LogP) is 0.541. The Bertz CT molecular complexity index is 362. The van der Waals surface area contributed by atoms with E-state index in [1.54, 1.807) is 0 Å². The van der Waals surface area contributed by atoms with E-state index in [4.69, 9.17) is 22.7 Å². The summed E-state index contributed by atoms with van der Waals surface area (Å²) in [6, 6.07) is 0. The molecule has 0 heterocycles. The van der Waals surface area contributed by atoms with Crippen molar-refractivity contribution in [3.05, 3.63) is 0 Å². The van der Waals surface area contributed by atoms with Crippen LogP contribution in [0.5, 0.6) is 0 Å². The van der Waals surface area contributed by atoms with Crippen molar-refractivity contribution in [2.24, 2.45) is 5.73 Å². The topological polar surface area (TPSA) is 81.4 Å². The van der Waals surface area contributed by atoms with Crippen LogP contribution in [0.1, 0.15) is 32.6 Å². The van der Waals surface area contributed by atoms with E-state index in [0.717, 1.165) is 12.8 Å². The Morgan fingerprint density at radius 1 is 1.47 bits per heavy atom. The molecule has 0 aromatic carbocycles. The van der Waals surface area contributed by atoms with Crippen molar-refractivity contribution in [2.75, 3.05) is 19.0 Å². The molecule has 1 aliphatic carbocycles. The standard InChI is InChI=1S/C10H20N2O3S2/c1-2-15-7-8-17(13,14)12-10(9(11)16)5-3-4-6-10/h12H,2-8H2,1H3,(H2,11,16). The summed E-state index contributed by atoms with van der Waals surface area (Å²) in [5, 5.41) is 0. The molecule has 100 valence electrons. The van der Waals surface area contributed by atoms with Gasteiger partial charge in [0.05, 0.1) is 22.9 Å². The van der Waals surface area contributed by atoms with Crippen molar-refractivity contribution in [2.45, 2.75) is 38.1 Å². The zero-order chi connectivity index (χ0) is 12.9. The van der Waals surface area contributed by atoms with Gasteiger partial charge in [0.15, 0.2) is 0 Å². The number of sulfonamides is 1. The Hall–Kier alpha value is -0.240. The molecule has 5 nitrogen and oxygen atoms in total. The Labute approximate surface area is 108 Å². The predicted molar refractivity (Wildman–Crippen MR) is 71.4 cm³/mol. The molecule has 3 N–H and O–H groups in total. The average Bonchev–Trinajstić information content (AvgIpc) is 2.67. The lowest BCUT2D eigenvalue weighted by atomic mass is 10.00. The second-order valence-corrected chi connectivity index (χ2v) is 6.55. The third-order valence-corrected chi connectivity index (χ3v) is 4.78. The molecule has 0 spiro atoms. The number of hydrogen-bond donors (Lipinski definition) is 2. The molecule has 0 aromatic rings. The summed E-state index contributed by atoms with van der Waals surface area (Å²) in [7, 11) is -3.38. The Morgan fingerprint density at radius 2 is 2.06 bits per heavy atom. The first-order valence-electron chi connectivity index (χ1n) is 5.81. The lowest BCUT2D eigenvalue weighted by molar-refractivity contribution is 0.163. The first-order chi connectivity index (χ1) is 7.92. The van der Waals surface area contributed by atoms with Crippen LogP contribution in [0.4, 0.5) is 0 Å². The van der Waals surface area contributed by atoms with Gasteiger partial charge < -0.3 is 10.5 Å². The van der Waals surface area contributed by atoms with Gasteiger partial charge in [0.25, 0.3) is 0 Å². The quantitative estimate of drug-likeness (QED) is 0.525. The number of ether oxygens (including phenoxy) is 1. The molecule has 0 amide bonds. The third kappa shape index (κ3) is 4.17. The van der Waals surface area contributed by atoms with Gasteiger partial charge in [0.2, 0.25) is 10.0 Å². The fourth-order valence-electron chi connectivity index (χ4n) is 2.04. The van der Waals surface area contributed by atoms with Gasteiger partial charge >= 0.3 is 0 Å². The highest BCUT2D eigenvalue weighted by molar-refractivity contribution is 7.89. The average molecular weight is 280 g/mol. The van der Waals surface area contributed by atoms with Crippen LogP contribution in [0.15, 0.2) is 0 Å². The highest BCUT2D eigenvalue weighted by Crippen LogP contribution is 2.30. The SMILES string of the molecule is CCOCCS(=O)(=O)NC1(C(N)=S)CCCC1. The monoisotopic (exact) mass is 280 g/mol. The molecule has 1 aliphatic rings. The van der Waals surface area contributed by atoms with Crippen LogP contribution in [0, 0.1) is 0 Å². The molecule has 1 rings (SSSR count). The molecule has 0 saturated heterocycles. The van der Waals surface area contributed by atoms with Crippen LogP contribution in [0.25, 0.3) is 0 Å². The Morgan fingerprint density at radius 3 is 2.53 bits per heavy atom. The second-order valence-electron chi connectivity index (χ2n) is 4.27. The second kappa shape index (κ2) is 6.08. The van der Waals surface area contributed by atoms with E-state index >= 15 is 0 Å². The molecular formula is C10H20N2O3S2. The Kier molecular flexibility index (Phi) is 5.30. The maximum Gasteiger partial charge on any atom is 0.214 e. The highest BCUT2D eigenvalue weighted by Gasteiger charge is 2.39. The maximum absolute atomic E-state index is 11.9. The zero-order valence-corrected chi connectivity index (χ0v) is 11.7. The zero-order valence-electron chi connectivity index (χ0n) is 10.1. The van der Waals surface area contributed by atoms with Gasteiger partial charge in [-0.05, 0) is 19.8 Å². The minimum Gasteiger partial charge on any atom is -0.392 e. The maximum atomic E-state index is 11.9. The van der Waals surface area contributed by atoms with Gasteiger partial charge in [-0.25, -0.2) is 13.1 Å². The number of thiocarbonyl (C=S) groups is 1. The van der Waals surface area contributed by atoms with Crippen molar-refractivity contribution in [1.29, 1.82) is 0 Å². The van der Waals surface area contributed by atoms with Crippen LogP contribution < -0.4 is 10.5 Å². The molecule has 0 bridgehead atoms.